The minimum Gasteiger partial charge on any atom is -0.393 e. The monoisotopic (exact) mass is 257 g/mol. The lowest BCUT2D eigenvalue weighted by atomic mass is 10.00. The predicted octanol–water partition coefficient (Wildman–Crippen LogP) is 1.16. The van der Waals surface area contributed by atoms with E-state index < -0.39 is 27.9 Å². The second-order valence-corrected chi connectivity index (χ2v) is 6.01. The molecule has 0 saturated carbocycles. The van der Waals surface area contributed by atoms with Crippen LogP contribution in [-0.4, -0.2) is 42.3 Å². The molecule has 4 nitrogen and oxygen atoms in total. The van der Waals surface area contributed by atoms with Gasteiger partial charge in [-0.2, -0.15) is 13.1 Å². The summed E-state index contributed by atoms with van der Waals surface area (Å²) in [5.74, 6) is -3.37. The van der Waals surface area contributed by atoms with Crippen LogP contribution >= 0.6 is 0 Å². The molecule has 2 atom stereocenters. The minimum absolute atomic E-state index is 0.129. The van der Waals surface area contributed by atoms with Crippen LogP contribution in [0.1, 0.15) is 32.6 Å². The third-order valence-electron chi connectivity index (χ3n) is 2.74. The summed E-state index contributed by atoms with van der Waals surface area (Å²) in [5, 5.41) is 9.22. The van der Waals surface area contributed by atoms with Crippen LogP contribution in [0.25, 0.3) is 0 Å². The van der Waals surface area contributed by atoms with Crippen molar-refractivity contribution in [1.82, 2.24) is 4.31 Å². The lowest BCUT2D eigenvalue weighted by Gasteiger charge is -2.34. The summed E-state index contributed by atoms with van der Waals surface area (Å²) in [6.07, 6.45) is 1.48. The van der Waals surface area contributed by atoms with Gasteiger partial charge in [0.25, 0.3) is 10.0 Å². The molecular weight excluding hydrogens is 240 g/mol. The van der Waals surface area contributed by atoms with E-state index in [-0.39, 0.29) is 13.0 Å². The Balaban J connectivity index is 2.82. The van der Waals surface area contributed by atoms with Gasteiger partial charge >= 0.3 is 5.76 Å². The van der Waals surface area contributed by atoms with Crippen LogP contribution in [0.2, 0.25) is 0 Å². The smallest absolute Gasteiger partial charge is 0.350 e. The lowest BCUT2D eigenvalue weighted by molar-refractivity contribution is 0.124. The summed E-state index contributed by atoms with van der Waals surface area (Å²) in [5.41, 5.74) is 0. The number of alkyl halides is 2. The lowest BCUT2D eigenvalue weighted by Crippen LogP contribution is -2.47. The number of aliphatic hydroxyl groups is 1. The summed E-state index contributed by atoms with van der Waals surface area (Å²) in [7, 11) is -4.51. The Morgan fingerprint density at radius 2 is 2.06 bits per heavy atom. The molecule has 1 aliphatic rings. The third-order valence-corrected chi connectivity index (χ3v) is 4.32. The molecule has 2 unspecified atom stereocenters. The average Bonchev–Trinajstić information content (AvgIpc) is 2.17. The van der Waals surface area contributed by atoms with Gasteiger partial charge in [-0.25, -0.2) is 8.42 Å². The van der Waals surface area contributed by atoms with Gasteiger partial charge in [0.1, 0.15) is 0 Å². The van der Waals surface area contributed by atoms with Crippen molar-refractivity contribution >= 4 is 10.0 Å². The first kappa shape index (κ1) is 13.8. The maximum Gasteiger partial charge on any atom is 0.350 e. The SMILES string of the molecule is CC(O)CC1CCCCN1S(=O)(=O)C(F)F. The fraction of sp³-hybridized carbons (Fsp3) is 1.00. The van der Waals surface area contributed by atoms with Crippen LogP contribution in [0.15, 0.2) is 0 Å². The Bertz CT molecular complexity index is 319. The minimum atomic E-state index is -4.51. The molecule has 1 rings (SSSR count). The topological polar surface area (TPSA) is 57.6 Å². The molecule has 96 valence electrons. The van der Waals surface area contributed by atoms with Gasteiger partial charge in [-0.15, -0.1) is 0 Å². The van der Waals surface area contributed by atoms with E-state index in [0.29, 0.717) is 12.8 Å². The highest BCUT2D eigenvalue weighted by molar-refractivity contribution is 7.89. The Hall–Kier alpha value is -0.270. The molecule has 1 aliphatic heterocycles. The fourth-order valence-corrected chi connectivity index (χ4v) is 3.24. The number of nitrogens with zero attached hydrogens (tertiary/aromatic N) is 1. The fourth-order valence-electron chi connectivity index (χ4n) is 2.04. The van der Waals surface area contributed by atoms with E-state index in [1.165, 1.54) is 6.92 Å². The molecule has 1 saturated heterocycles. The van der Waals surface area contributed by atoms with Gasteiger partial charge in [-0.05, 0) is 26.2 Å². The van der Waals surface area contributed by atoms with E-state index in [0.717, 1.165) is 10.7 Å². The molecule has 0 aromatic carbocycles. The van der Waals surface area contributed by atoms with Crippen molar-refractivity contribution in [3.63, 3.8) is 0 Å². The molecule has 1 N–H and O–H groups in total. The molecule has 0 aromatic heterocycles. The van der Waals surface area contributed by atoms with Crippen LogP contribution in [0.3, 0.4) is 0 Å². The van der Waals surface area contributed by atoms with Crippen LogP contribution in [0, 0.1) is 0 Å². The number of rotatable bonds is 4. The van der Waals surface area contributed by atoms with E-state index in [4.69, 9.17) is 0 Å². The highest BCUT2D eigenvalue weighted by Crippen LogP contribution is 2.26. The highest BCUT2D eigenvalue weighted by atomic mass is 32.2. The zero-order chi connectivity index (χ0) is 12.3. The zero-order valence-electron chi connectivity index (χ0n) is 9.14. The van der Waals surface area contributed by atoms with Crippen LogP contribution in [-0.2, 0) is 10.0 Å². The van der Waals surface area contributed by atoms with Gasteiger partial charge in [-0.1, -0.05) is 6.42 Å². The number of aliphatic hydroxyl groups excluding tert-OH is 1. The van der Waals surface area contributed by atoms with Crippen LogP contribution in [0.4, 0.5) is 8.78 Å². The number of halogens is 2. The first-order valence-electron chi connectivity index (χ1n) is 5.32. The van der Waals surface area contributed by atoms with Crippen molar-refractivity contribution in [2.24, 2.45) is 0 Å². The standard InChI is InChI=1S/C9H17F2NO3S/c1-7(13)6-8-4-2-3-5-12(8)16(14,15)9(10)11/h7-9,13H,2-6H2,1H3. The normalized spacial score (nSPS) is 25.9. The number of sulfonamides is 1. The molecule has 0 bridgehead atoms. The highest BCUT2D eigenvalue weighted by Gasteiger charge is 2.38. The number of hydrogen-bond acceptors (Lipinski definition) is 3. The van der Waals surface area contributed by atoms with Crippen molar-refractivity contribution in [2.45, 2.75) is 50.5 Å². The Morgan fingerprint density at radius 1 is 1.44 bits per heavy atom. The molecule has 0 amide bonds. The maximum absolute atomic E-state index is 12.4. The van der Waals surface area contributed by atoms with Crippen LogP contribution in [0.5, 0.6) is 0 Å². The molecule has 0 spiro atoms. The van der Waals surface area contributed by atoms with Gasteiger partial charge in [-0.3, -0.25) is 0 Å². The first-order valence-corrected chi connectivity index (χ1v) is 6.83. The first-order chi connectivity index (χ1) is 7.35. The quantitative estimate of drug-likeness (QED) is 0.822. The van der Waals surface area contributed by atoms with E-state index in [9.17, 15) is 22.3 Å². The number of hydrogen-bond donors (Lipinski definition) is 1. The van der Waals surface area contributed by atoms with Crippen molar-refractivity contribution in [1.29, 1.82) is 0 Å². The molecule has 0 aromatic rings. The van der Waals surface area contributed by atoms with Gasteiger partial charge in [0.05, 0.1) is 6.10 Å². The summed E-state index contributed by atoms with van der Waals surface area (Å²) >= 11 is 0. The molecule has 1 heterocycles. The Labute approximate surface area is 94.3 Å². The van der Waals surface area contributed by atoms with Crippen LogP contribution < -0.4 is 0 Å². The molecule has 7 heteroatoms. The van der Waals surface area contributed by atoms with E-state index in [1.54, 1.807) is 0 Å². The van der Waals surface area contributed by atoms with Crippen molar-refractivity contribution < 1.29 is 22.3 Å². The molecule has 0 radical (unpaired) electrons. The largest absolute Gasteiger partial charge is 0.393 e. The summed E-state index contributed by atoms with van der Waals surface area (Å²) < 4.78 is 48.4. The summed E-state index contributed by atoms with van der Waals surface area (Å²) in [6.45, 7) is 1.66. The maximum atomic E-state index is 12.4. The Kier molecular flexibility index (Phi) is 4.63. The van der Waals surface area contributed by atoms with Gasteiger partial charge in [0, 0.05) is 12.6 Å². The summed E-state index contributed by atoms with van der Waals surface area (Å²) in [6, 6.07) is -0.493. The predicted molar refractivity (Wildman–Crippen MR) is 55.6 cm³/mol. The average molecular weight is 257 g/mol. The van der Waals surface area contributed by atoms with E-state index >= 15 is 0 Å². The summed E-state index contributed by atoms with van der Waals surface area (Å²) in [4.78, 5) is 0. The second-order valence-electron chi connectivity index (χ2n) is 4.15. The second kappa shape index (κ2) is 5.37. The number of piperidine rings is 1. The van der Waals surface area contributed by atoms with E-state index in [1.807, 2.05) is 0 Å². The molecule has 0 aliphatic carbocycles. The van der Waals surface area contributed by atoms with Gasteiger partial charge in [0.15, 0.2) is 0 Å². The van der Waals surface area contributed by atoms with Gasteiger partial charge < -0.3 is 5.11 Å². The van der Waals surface area contributed by atoms with E-state index in [2.05, 4.69) is 0 Å². The Morgan fingerprint density at radius 3 is 2.56 bits per heavy atom. The zero-order valence-corrected chi connectivity index (χ0v) is 9.96. The van der Waals surface area contributed by atoms with Crippen molar-refractivity contribution in [3.8, 4) is 0 Å². The van der Waals surface area contributed by atoms with Crippen molar-refractivity contribution in [3.05, 3.63) is 0 Å². The molecular formula is C9H17F2NO3S. The molecule has 16 heavy (non-hydrogen) atoms. The van der Waals surface area contributed by atoms with Crippen molar-refractivity contribution in [2.75, 3.05) is 6.54 Å². The third kappa shape index (κ3) is 3.11. The van der Waals surface area contributed by atoms with Gasteiger partial charge in [0.2, 0.25) is 0 Å². The molecule has 1 fully saturated rings.